The van der Waals surface area contributed by atoms with E-state index < -0.39 is 0 Å². The summed E-state index contributed by atoms with van der Waals surface area (Å²) >= 11 is 13.3. The molecule has 1 aromatic carbocycles. The van der Waals surface area contributed by atoms with E-state index in [1.54, 1.807) is 12.1 Å². The van der Waals surface area contributed by atoms with Crippen LogP contribution in [0, 0.1) is 11.3 Å². The molecule has 0 fully saturated rings. The standard InChI is InChI=1S/C12H8Cl2N4S/c13-9-2-1-7(10(14)3-9)6-19-12-17-5-8(4-15)11(16)18-12/h1-3,5H,6H2,(H2,16,17,18). The molecule has 0 spiro atoms. The fraction of sp³-hybridized carbons (Fsp3) is 0.0833. The van der Waals surface area contributed by atoms with Gasteiger partial charge in [0.05, 0.1) is 6.20 Å². The summed E-state index contributed by atoms with van der Waals surface area (Å²) in [6, 6.07) is 7.23. The van der Waals surface area contributed by atoms with E-state index in [-0.39, 0.29) is 11.4 Å². The van der Waals surface area contributed by atoms with Crippen molar-refractivity contribution in [2.45, 2.75) is 10.9 Å². The van der Waals surface area contributed by atoms with Crippen LogP contribution in [0.25, 0.3) is 0 Å². The number of hydrogen-bond donors (Lipinski definition) is 1. The van der Waals surface area contributed by atoms with Crippen LogP contribution in [0.1, 0.15) is 11.1 Å². The molecule has 0 aliphatic heterocycles. The minimum atomic E-state index is 0.183. The van der Waals surface area contributed by atoms with Crippen molar-refractivity contribution in [3.8, 4) is 6.07 Å². The van der Waals surface area contributed by atoms with Crippen LogP contribution < -0.4 is 5.73 Å². The molecule has 0 atom stereocenters. The second-order valence-electron chi connectivity index (χ2n) is 3.59. The van der Waals surface area contributed by atoms with Crippen molar-refractivity contribution in [2.75, 3.05) is 5.73 Å². The molecule has 2 N–H and O–H groups in total. The van der Waals surface area contributed by atoms with E-state index in [0.717, 1.165) is 5.56 Å². The first kappa shape index (κ1) is 13.9. The molecule has 4 nitrogen and oxygen atoms in total. The van der Waals surface area contributed by atoms with Gasteiger partial charge in [-0.05, 0) is 17.7 Å². The summed E-state index contributed by atoms with van der Waals surface area (Å²) in [5, 5.41) is 10.4. The Morgan fingerprint density at radius 1 is 1.37 bits per heavy atom. The summed E-state index contributed by atoms with van der Waals surface area (Å²) in [6.45, 7) is 0. The van der Waals surface area contributed by atoms with E-state index in [1.807, 2.05) is 12.1 Å². The highest BCUT2D eigenvalue weighted by Gasteiger charge is 2.06. The molecule has 1 heterocycles. The SMILES string of the molecule is N#Cc1cnc(SCc2ccc(Cl)cc2Cl)nc1N. The van der Waals surface area contributed by atoms with E-state index in [1.165, 1.54) is 18.0 Å². The largest absolute Gasteiger partial charge is 0.382 e. The molecular weight excluding hydrogens is 303 g/mol. The Hall–Kier alpha value is -1.48. The molecule has 2 rings (SSSR count). The van der Waals surface area contributed by atoms with Gasteiger partial charge in [0, 0.05) is 15.8 Å². The second-order valence-corrected chi connectivity index (χ2v) is 5.37. The van der Waals surface area contributed by atoms with Crippen LogP contribution in [0.5, 0.6) is 0 Å². The van der Waals surface area contributed by atoms with Gasteiger partial charge in [-0.25, -0.2) is 9.97 Å². The van der Waals surface area contributed by atoms with Crippen LogP contribution in [0.2, 0.25) is 10.0 Å². The molecule has 0 unspecified atom stereocenters. The van der Waals surface area contributed by atoms with Gasteiger partial charge in [0.1, 0.15) is 17.5 Å². The lowest BCUT2D eigenvalue weighted by Crippen LogP contribution is -1.98. The van der Waals surface area contributed by atoms with Crippen LogP contribution in [0.3, 0.4) is 0 Å². The first-order chi connectivity index (χ1) is 9.10. The summed E-state index contributed by atoms with van der Waals surface area (Å²) in [6.07, 6.45) is 1.41. The molecule has 7 heteroatoms. The number of rotatable bonds is 3. The third-order valence-electron chi connectivity index (χ3n) is 2.29. The first-order valence-corrected chi connectivity index (χ1v) is 6.93. The number of hydrogen-bond acceptors (Lipinski definition) is 5. The highest BCUT2D eigenvalue weighted by molar-refractivity contribution is 7.98. The van der Waals surface area contributed by atoms with Crippen molar-refractivity contribution < 1.29 is 0 Å². The van der Waals surface area contributed by atoms with Crippen molar-refractivity contribution in [3.05, 3.63) is 45.6 Å². The number of nitrogens with two attached hydrogens (primary N) is 1. The number of anilines is 1. The number of benzene rings is 1. The average Bonchev–Trinajstić information content (AvgIpc) is 2.38. The van der Waals surface area contributed by atoms with Gasteiger partial charge in [0.25, 0.3) is 0 Å². The lowest BCUT2D eigenvalue weighted by Gasteiger charge is -2.04. The lowest BCUT2D eigenvalue weighted by atomic mass is 10.2. The summed E-state index contributed by atoms with van der Waals surface area (Å²) in [5.41, 5.74) is 6.83. The number of nitriles is 1. The van der Waals surface area contributed by atoms with Crippen molar-refractivity contribution >= 4 is 40.8 Å². The Bertz CT molecular complexity index is 655. The highest BCUT2D eigenvalue weighted by atomic mass is 35.5. The van der Waals surface area contributed by atoms with Gasteiger partial charge in [0.15, 0.2) is 5.16 Å². The second kappa shape index (κ2) is 6.11. The minimum Gasteiger partial charge on any atom is -0.382 e. The van der Waals surface area contributed by atoms with Crippen LogP contribution >= 0.6 is 35.0 Å². The van der Waals surface area contributed by atoms with Crippen LogP contribution in [0.15, 0.2) is 29.6 Å². The van der Waals surface area contributed by atoms with E-state index in [2.05, 4.69) is 9.97 Å². The molecule has 19 heavy (non-hydrogen) atoms. The Labute approximate surface area is 124 Å². The average molecular weight is 311 g/mol. The lowest BCUT2D eigenvalue weighted by molar-refractivity contribution is 0.969. The third kappa shape index (κ3) is 3.51. The van der Waals surface area contributed by atoms with Gasteiger partial charge in [-0.3, -0.25) is 0 Å². The van der Waals surface area contributed by atoms with Crippen molar-refractivity contribution in [1.82, 2.24) is 9.97 Å². The third-order valence-corrected chi connectivity index (χ3v) is 3.79. The smallest absolute Gasteiger partial charge is 0.189 e. The molecule has 0 aliphatic carbocycles. The molecule has 0 saturated carbocycles. The number of halogens is 2. The van der Waals surface area contributed by atoms with Crippen molar-refractivity contribution in [3.63, 3.8) is 0 Å². The van der Waals surface area contributed by atoms with E-state index in [9.17, 15) is 0 Å². The topological polar surface area (TPSA) is 75.6 Å². The normalized spacial score (nSPS) is 10.2. The van der Waals surface area contributed by atoms with Crippen LogP contribution in [-0.2, 0) is 5.75 Å². The Morgan fingerprint density at radius 3 is 2.79 bits per heavy atom. The summed E-state index contributed by atoms with van der Waals surface area (Å²) in [7, 11) is 0. The van der Waals surface area contributed by atoms with Crippen LogP contribution in [-0.4, -0.2) is 9.97 Å². The van der Waals surface area contributed by atoms with Gasteiger partial charge in [-0.15, -0.1) is 0 Å². The van der Waals surface area contributed by atoms with Gasteiger partial charge in [-0.1, -0.05) is 41.0 Å². The minimum absolute atomic E-state index is 0.183. The number of nitrogens with zero attached hydrogens (tertiary/aromatic N) is 3. The molecule has 0 amide bonds. The maximum absolute atomic E-state index is 8.73. The monoisotopic (exact) mass is 310 g/mol. The molecule has 1 aromatic heterocycles. The van der Waals surface area contributed by atoms with Gasteiger partial charge < -0.3 is 5.73 Å². The summed E-state index contributed by atoms with van der Waals surface area (Å²) < 4.78 is 0. The predicted molar refractivity (Wildman–Crippen MR) is 77.2 cm³/mol. The Morgan fingerprint density at radius 2 is 2.16 bits per heavy atom. The molecular formula is C12H8Cl2N4S. The van der Waals surface area contributed by atoms with Gasteiger partial charge in [0.2, 0.25) is 0 Å². The Kier molecular flexibility index (Phi) is 4.48. The number of aromatic nitrogens is 2. The fourth-order valence-electron chi connectivity index (χ4n) is 1.31. The maximum Gasteiger partial charge on any atom is 0.189 e. The number of nitrogen functional groups attached to an aromatic ring is 1. The quantitative estimate of drug-likeness (QED) is 0.693. The predicted octanol–water partition coefficient (Wildman–Crippen LogP) is 3.53. The molecule has 0 radical (unpaired) electrons. The van der Waals surface area contributed by atoms with Crippen LogP contribution in [0.4, 0.5) is 5.82 Å². The molecule has 0 saturated heterocycles. The summed E-state index contributed by atoms with van der Waals surface area (Å²) in [5.74, 6) is 0.781. The van der Waals surface area contributed by atoms with E-state index in [4.69, 9.17) is 34.2 Å². The molecule has 0 aliphatic rings. The highest BCUT2D eigenvalue weighted by Crippen LogP contribution is 2.27. The zero-order valence-corrected chi connectivity index (χ0v) is 11.9. The van der Waals surface area contributed by atoms with Crippen molar-refractivity contribution in [1.29, 1.82) is 5.26 Å². The molecule has 0 bridgehead atoms. The number of thioether (sulfide) groups is 1. The Balaban J connectivity index is 2.10. The summed E-state index contributed by atoms with van der Waals surface area (Å²) in [4.78, 5) is 8.10. The van der Waals surface area contributed by atoms with Gasteiger partial charge >= 0.3 is 0 Å². The zero-order chi connectivity index (χ0) is 13.8. The maximum atomic E-state index is 8.73. The fourth-order valence-corrected chi connectivity index (χ4v) is 2.70. The molecule has 2 aromatic rings. The first-order valence-electron chi connectivity index (χ1n) is 5.19. The van der Waals surface area contributed by atoms with Gasteiger partial charge in [-0.2, -0.15) is 5.26 Å². The molecule has 96 valence electrons. The van der Waals surface area contributed by atoms with E-state index >= 15 is 0 Å². The zero-order valence-electron chi connectivity index (χ0n) is 9.60. The van der Waals surface area contributed by atoms with Crippen molar-refractivity contribution in [2.24, 2.45) is 0 Å². The van der Waals surface area contributed by atoms with E-state index in [0.29, 0.717) is 21.0 Å².